The summed E-state index contributed by atoms with van der Waals surface area (Å²) in [5.41, 5.74) is 0.138. The highest BCUT2D eigenvalue weighted by Gasteiger charge is 2.51. The van der Waals surface area contributed by atoms with Crippen LogP contribution in [0.2, 0.25) is 0 Å². The van der Waals surface area contributed by atoms with E-state index in [1.54, 1.807) is 34.6 Å². The summed E-state index contributed by atoms with van der Waals surface area (Å²) in [4.78, 5) is 35.9. The van der Waals surface area contributed by atoms with Crippen LogP contribution in [-0.4, -0.2) is 67.8 Å². The fourth-order valence-corrected chi connectivity index (χ4v) is 4.80. The van der Waals surface area contributed by atoms with Crippen LogP contribution in [0.4, 0.5) is 18.0 Å². The third-order valence-corrected chi connectivity index (χ3v) is 6.50. The van der Waals surface area contributed by atoms with Crippen molar-refractivity contribution >= 4 is 23.0 Å². The minimum Gasteiger partial charge on any atom is -0.444 e. The second-order valence-electron chi connectivity index (χ2n) is 12.4. The first-order chi connectivity index (χ1) is 17.7. The second-order valence-corrected chi connectivity index (χ2v) is 12.4. The molecule has 0 bridgehead atoms. The van der Waals surface area contributed by atoms with Crippen LogP contribution >= 0.6 is 0 Å². The molecule has 218 valence electrons. The molecule has 1 saturated heterocycles. The minimum atomic E-state index is -4.95. The number of ketones is 1. The number of ether oxygens (including phenoxy) is 3. The van der Waals surface area contributed by atoms with Gasteiger partial charge < -0.3 is 14.0 Å². The molecule has 0 saturated carbocycles. The molecule has 0 N–H and O–H groups in total. The van der Waals surface area contributed by atoms with E-state index in [9.17, 15) is 22.8 Å². The number of carbonyl (C=O) groups excluding carboxylic acids is 2. The van der Waals surface area contributed by atoms with Crippen molar-refractivity contribution in [2.24, 2.45) is 7.05 Å². The lowest BCUT2D eigenvalue weighted by molar-refractivity contribution is -0.348. The zero-order valence-electron chi connectivity index (χ0n) is 24.1. The Morgan fingerprint density at radius 3 is 2.38 bits per heavy atom. The van der Waals surface area contributed by atoms with Crippen molar-refractivity contribution < 1.29 is 37.0 Å². The van der Waals surface area contributed by atoms with Crippen LogP contribution < -0.4 is 0 Å². The number of alkyl halides is 3. The molecule has 9 nitrogen and oxygen atoms in total. The Hall–Kier alpha value is -2.73. The Morgan fingerprint density at radius 2 is 1.82 bits per heavy atom. The largest absolute Gasteiger partial charge is 0.522 e. The Labute approximate surface area is 227 Å². The summed E-state index contributed by atoms with van der Waals surface area (Å²) >= 11 is 0. The van der Waals surface area contributed by atoms with Crippen LogP contribution in [0.15, 0.2) is 12.3 Å². The third-order valence-electron chi connectivity index (χ3n) is 6.50. The summed E-state index contributed by atoms with van der Waals surface area (Å²) in [6.07, 6.45) is -5.99. The molecule has 0 aromatic carbocycles. The van der Waals surface area contributed by atoms with Crippen molar-refractivity contribution in [3.63, 3.8) is 0 Å². The van der Waals surface area contributed by atoms with Gasteiger partial charge >= 0.3 is 12.5 Å². The fourth-order valence-electron chi connectivity index (χ4n) is 4.80. The van der Waals surface area contributed by atoms with Crippen molar-refractivity contribution in [2.75, 3.05) is 6.61 Å². The molecule has 0 aliphatic carbocycles. The van der Waals surface area contributed by atoms with Gasteiger partial charge in [-0.25, -0.2) is 9.78 Å². The molecule has 0 spiro atoms. The molecule has 3 heterocycles. The molecule has 0 radical (unpaired) electrons. The average molecular weight is 557 g/mol. The number of halogens is 3. The number of aromatic nitrogens is 3. The van der Waals surface area contributed by atoms with Gasteiger partial charge in [-0.05, 0) is 53.5 Å². The van der Waals surface area contributed by atoms with Crippen LogP contribution in [0.1, 0.15) is 90.8 Å². The van der Waals surface area contributed by atoms with Crippen LogP contribution in [0, 0.1) is 0 Å². The number of carbonyl (C=O) groups is 2. The predicted octanol–water partition coefficient (Wildman–Crippen LogP) is 5.90. The molecule has 1 aliphatic heterocycles. The summed E-state index contributed by atoms with van der Waals surface area (Å²) in [6, 6.07) is 0.860. The molecular weight excluding hydrogens is 517 g/mol. The van der Waals surface area contributed by atoms with Crippen LogP contribution in [0.5, 0.6) is 0 Å². The Balaban J connectivity index is 1.76. The van der Waals surface area contributed by atoms with Gasteiger partial charge in [-0.2, -0.15) is 0 Å². The van der Waals surface area contributed by atoms with E-state index in [4.69, 9.17) is 9.47 Å². The van der Waals surface area contributed by atoms with Crippen molar-refractivity contribution in [1.82, 2.24) is 19.4 Å². The summed E-state index contributed by atoms with van der Waals surface area (Å²) < 4.78 is 57.6. The lowest BCUT2D eigenvalue weighted by Gasteiger charge is -2.37. The smallest absolute Gasteiger partial charge is 0.444 e. The van der Waals surface area contributed by atoms with Crippen LogP contribution in [0.25, 0.3) is 11.2 Å². The first-order valence-electron chi connectivity index (χ1n) is 13.0. The van der Waals surface area contributed by atoms with Crippen LogP contribution in [0.3, 0.4) is 0 Å². The van der Waals surface area contributed by atoms with Crippen LogP contribution in [-0.2, 0) is 26.7 Å². The predicted molar refractivity (Wildman–Crippen MR) is 138 cm³/mol. The molecular formula is C27H39F3N4O5. The highest BCUT2D eigenvalue weighted by Crippen LogP contribution is 2.35. The van der Waals surface area contributed by atoms with E-state index in [0.717, 1.165) is 10.6 Å². The van der Waals surface area contributed by atoms with E-state index in [1.807, 2.05) is 17.7 Å². The minimum absolute atomic E-state index is 0.0682. The number of hydrogen-bond acceptors (Lipinski definition) is 7. The lowest BCUT2D eigenvalue weighted by atomic mass is 9.92. The molecule has 39 heavy (non-hydrogen) atoms. The van der Waals surface area contributed by atoms with Gasteiger partial charge in [0, 0.05) is 24.6 Å². The Morgan fingerprint density at radius 1 is 1.18 bits per heavy atom. The first-order valence-corrected chi connectivity index (χ1v) is 13.0. The number of hydrogen-bond donors (Lipinski definition) is 0. The normalized spacial score (nSPS) is 19.0. The number of aryl methyl sites for hydroxylation is 1. The van der Waals surface area contributed by atoms with Gasteiger partial charge in [-0.3, -0.25) is 19.4 Å². The SMILES string of the molecule is Cn1c(C(C)(C)C)cc2ncc(C(=O)CCC[C@@H](OC(F)(F)F)[C@@H]3COC(C)(C)N3C(=O)OC(C)(C)C)nc21. The number of rotatable bonds is 7. The monoisotopic (exact) mass is 556 g/mol. The second kappa shape index (κ2) is 10.7. The van der Waals surface area contributed by atoms with Gasteiger partial charge in [0.05, 0.1) is 24.9 Å². The van der Waals surface area contributed by atoms with Gasteiger partial charge in [0.1, 0.15) is 22.5 Å². The van der Waals surface area contributed by atoms with Gasteiger partial charge in [0.25, 0.3) is 0 Å². The van der Waals surface area contributed by atoms with Crippen molar-refractivity contribution in [1.29, 1.82) is 0 Å². The fraction of sp³-hybridized carbons (Fsp3) is 0.704. The van der Waals surface area contributed by atoms with E-state index in [-0.39, 0.29) is 42.8 Å². The quantitative estimate of drug-likeness (QED) is 0.392. The summed E-state index contributed by atoms with van der Waals surface area (Å²) in [6.45, 7) is 14.2. The Kier molecular flexibility index (Phi) is 8.44. The standard InChI is InChI=1S/C27H39F3N4O5/c1-24(2,3)21-13-16-22(33(21)9)32-17(14-31-16)19(35)11-10-12-20(38-27(28,29)30)18-15-37-26(7,8)34(18)23(36)39-25(4,5)6/h13-14,18,20H,10-12,15H2,1-9H3/t18-,20+/m0/s1. The molecule has 2 aromatic heterocycles. The van der Waals surface area contributed by atoms with Gasteiger partial charge in [0.2, 0.25) is 0 Å². The van der Waals surface area contributed by atoms with Crippen molar-refractivity contribution in [3.05, 3.63) is 23.7 Å². The zero-order chi connectivity index (χ0) is 29.6. The average Bonchev–Trinajstić information content (AvgIpc) is 3.26. The molecule has 1 amide bonds. The maximum atomic E-state index is 13.4. The highest BCUT2D eigenvalue weighted by molar-refractivity contribution is 5.95. The molecule has 3 rings (SSSR count). The van der Waals surface area contributed by atoms with E-state index in [0.29, 0.717) is 11.2 Å². The number of fused-ring (bicyclic) bond motifs is 1. The number of Topliss-reactive ketones (excluding diaryl/α,β-unsaturated/α-hetero) is 1. The molecule has 1 fully saturated rings. The lowest BCUT2D eigenvalue weighted by Crippen LogP contribution is -2.54. The molecule has 12 heteroatoms. The van der Waals surface area contributed by atoms with Gasteiger partial charge in [-0.15, -0.1) is 13.2 Å². The zero-order valence-corrected chi connectivity index (χ0v) is 24.1. The summed E-state index contributed by atoms with van der Waals surface area (Å²) in [5.74, 6) is -0.347. The highest BCUT2D eigenvalue weighted by atomic mass is 19.4. The molecule has 0 unspecified atom stereocenters. The maximum absolute atomic E-state index is 13.4. The maximum Gasteiger partial charge on any atom is 0.522 e. The van der Waals surface area contributed by atoms with Crippen molar-refractivity contribution in [2.45, 2.75) is 110 Å². The Bertz CT molecular complexity index is 1210. The van der Waals surface area contributed by atoms with Gasteiger partial charge in [0.15, 0.2) is 11.4 Å². The number of amides is 1. The molecule has 1 aliphatic rings. The third kappa shape index (κ3) is 7.47. The summed E-state index contributed by atoms with van der Waals surface area (Å²) in [7, 11) is 1.85. The van der Waals surface area contributed by atoms with E-state index in [1.165, 1.54) is 6.20 Å². The van der Waals surface area contributed by atoms with E-state index < -0.39 is 35.9 Å². The summed E-state index contributed by atoms with van der Waals surface area (Å²) in [5, 5.41) is 0. The topological polar surface area (TPSA) is 95.8 Å². The van der Waals surface area contributed by atoms with E-state index >= 15 is 0 Å². The number of nitrogens with zero attached hydrogens (tertiary/aromatic N) is 4. The molecule has 2 atom stereocenters. The molecule has 2 aromatic rings. The van der Waals surface area contributed by atoms with E-state index in [2.05, 4.69) is 35.5 Å². The van der Waals surface area contributed by atoms with Crippen molar-refractivity contribution in [3.8, 4) is 0 Å². The first kappa shape index (κ1) is 30.8. The van der Waals surface area contributed by atoms with Gasteiger partial charge in [-0.1, -0.05) is 20.8 Å².